The Morgan fingerprint density at radius 2 is 2.00 bits per heavy atom. The van der Waals surface area contributed by atoms with Crippen LogP contribution in [-0.2, 0) is 10.0 Å². The summed E-state index contributed by atoms with van der Waals surface area (Å²) in [5.74, 6) is 1.60. The Morgan fingerprint density at radius 1 is 1.30 bits per heavy atom. The van der Waals surface area contributed by atoms with E-state index < -0.39 is 15.9 Å². The first-order valence-corrected chi connectivity index (χ1v) is 10.5. The van der Waals surface area contributed by atoms with Gasteiger partial charge in [-0.3, -0.25) is 4.79 Å². The molecule has 2 heterocycles. The molecule has 1 aliphatic rings. The average Bonchev–Trinajstić information content (AvgIpc) is 3.14. The lowest BCUT2D eigenvalue weighted by atomic mass is 10.2. The highest BCUT2D eigenvalue weighted by atomic mass is 35.5. The van der Waals surface area contributed by atoms with Gasteiger partial charge < -0.3 is 20.8 Å². The number of carbonyl (C=O) groups is 1. The Kier molecular flexibility index (Phi) is 7.04. The molecule has 1 aliphatic heterocycles. The molecule has 0 bridgehead atoms. The van der Waals surface area contributed by atoms with Gasteiger partial charge in [0.2, 0.25) is 10.0 Å². The number of carbonyl (C=O) groups excluding carboxylic acids is 1. The third kappa shape index (κ3) is 4.70. The molecule has 1 saturated heterocycles. The number of sulfonamides is 1. The number of halogens is 1. The van der Waals surface area contributed by atoms with Gasteiger partial charge in [0.25, 0.3) is 5.91 Å². The van der Waals surface area contributed by atoms with E-state index in [9.17, 15) is 13.2 Å². The van der Waals surface area contributed by atoms with Crippen LogP contribution in [0.3, 0.4) is 0 Å². The fourth-order valence-corrected chi connectivity index (χ4v) is 5.17. The summed E-state index contributed by atoms with van der Waals surface area (Å²) in [6.07, 6.45) is 1.34. The van der Waals surface area contributed by atoms with Crippen LogP contribution in [0.4, 0.5) is 11.4 Å². The van der Waals surface area contributed by atoms with Gasteiger partial charge in [0, 0.05) is 36.5 Å². The van der Waals surface area contributed by atoms with Crippen LogP contribution in [-0.4, -0.2) is 55.3 Å². The van der Waals surface area contributed by atoms with E-state index >= 15 is 0 Å². The van der Waals surface area contributed by atoms with Crippen molar-refractivity contribution < 1.29 is 17.9 Å². The molecule has 4 N–H and O–H groups in total. The fourth-order valence-electron chi connectivity index (χ4n) is 2.60. The maximum atomic E-state index is 12.6. The van der Waals surface area contributed by atoms with Crippen LogP contribution in [0, 0.1) is 0 Å². The number of ether oxygens (including phenoxy) is 1. The highest BCUT2D eigenvalue weighted by molar-refractivity contribution is 7.99. The number of amides is 1. The molecular formula is C16H21ClN4O4S2. The van der Waals surface area contributed by atoms with E-state index in [1.165, 1.54) is 23.7 Å². The number of H-pyrrole nitrogens is 1. The first-order valence-electron chi connectivity index (χ1n) is 7.93. The molecule has 0 radical (unpaired) electrons. The SMILES string of the molecule is COc1ccc(NC(=O)c2cc(S(=O)(=O)N3CCSCC3)c[nH]2)cc1N.Cl. The predicted molar refractivity (Wildman–Crippen MR) is 109 cm³/mol. The molecule has 0 unspecified atom stereocenters. The number of nitrogen functional groups attached to an aromatic ring is 1. The number of nitrogens with zero attached hydrogens (tertiary/aromatic N) is 1. The van der Waals surface area contributed by atoms with Crippen molar-refractivity contribution in [3.63, 3.8) is 0 Å². The Morgan fingerprint density at radius 3 is 2.63 bits per heavy atom. The second-order valence-corrected chi connectivity index (χ2v) is 8.84. The van der Waals surface area contributed by atoms with E-state index in [1.807, 2.05) is 0 Å². The van der Waals surface area contributed by atoms with Gasteiger partial charge in [0.15, 0.2) is 0 Å². The smallest absolute Gasteiger partial charge is 0.272 e. The Balaban J connectivity index is 0.00000261. The summed E-state index contributed by atoms with van der Waals surface area (Å²) in [7, 11) is -2.09. The van der Waals surface area contributed by atoms with Crippen molar-refractivity contribution in [3.05, 3.63) is 36.2 Å². The zero-order chi connectivity index (χ0) is 18.7. The molecule has 1 aromatic carbocycles. The van der Waals surface area contributed by atoms with Crippen LogP contribution < -0.4 is 15.8 Å². The summed E-state index contributed by atoms with van der Waals surface area (Å²) in [5, 5.41) is 2.68. The topological polar surface area (TPSA) is 118 Å². The van der Waals surface area contributed by atoms with E-state index in [4.69, 9.17) is 10.5 Å². The van der Waals surface area contributed by atoms with Gasteiger partial charge >= 0.3 is 0 Å². The molecule has 0 atom stereocenters. The van der Waals surface area contributed by atoms with Gasteiger partial charge in [-0.15, -0.1) is 12.4 Å². The lowest BCUT2D eigenvalue weighted by molar-refractivity contribution is 0.102. The van der Waals surface area contributed by atoms with Crippen molar-refractivity contribution in [2.45, 2.75) is 4.90 Å². The van der Waals surface area contributed by atoms with Crippen molar-refractivity contribution in [3.8, 4) is 5.75 Å². The number of hydrogen-bond donors (Lipinski definition) is 3. The number of hydrogen-bond acceptors (Lipinski definition) is 6. The van der Waals surface area contributed by atoms with Crippen molar-refractivity contribution in [2.24, 2.45) is 0 Å². The number of aromatic nitrogens is 1. The molecule has 2 aromatic rings. The number of anilines is 2. The number of nitrogens with two attached hydrogens (primary N) is 1. The molecule has 11 heteroatoms. The number of benzene rings is 1. The van der Waals surface area contributed by atoms with E-state index in [-0.39, 0.29) is 23.0 Å². The monoisotopic (exact) mass is 432 g/mol. The molecule has 1 fully saturated rings. The zero-order valence-corrected chi connectivity index (χ0v) is 17.0. The number of aromatic amines is 1. The van der Waals surface area contributed by atoms with Crippen LogP contribution in [0.25, 0.3) is 0 Å². The molecule has 0 saturated carbocycles. The normalized spacial score (nSPS) is 15.0. The van der Waals surface area contributed by atoms with Crippen molar-refractivity contribution in [2.75, 3.05) is 42.8 Å². The van der Waals surface area contributed by atoms with Gasteiger partial charge in [-0.1, -0.05) is 0 Å². The molecule has 148 valence electrons. The van der Waals surface area contributed by atoms with Gasteiger partial charge in [0.05, 0.1) is 12.8 Å². The van der Waals surface area contributed by atoms with Gasteiger partial charge in [-0.25, -0.2) is 8.42 Å². The number of methoxy groups -OCH3 is 1. The molecule has 8 nitrogen and oxygen atoms in total. The molecule has 1 amide bonds. The maximum Gasteiger partial charge on any atom is 0.272 e. The highest BCUT2D eigenvalue weighted by Gasteiger charge is 2.27. The fraction of sp³-hybridized carbons (Fsp3) is 0.312. The number of rotatable bonds is 5. The van der Waals surface area contributed by atoms with E-state index in [2.05, 4.69) is 10.3 Å². The molecule has 0 aliphatic carbocycles. The largest absolute Gasteiger partial charge is 0.495 e. The third-order valence-corrected chi connectivity index (χ3v) is 6.82. The maximum absolute atomic E-state index is 12.6. The van der Waals surface area contributed by atoms with Crippen LogP contribution >= 0.6 is 24.2 Å². The minimum atomic E-state index is -3.59. The van der Waals surface area contributed by atoms with Crippen molar-refractivity contribution >= 4 is 51.5 Å². The summed E-state index contributed by atoms with van der Waals surface area (Å²) in [6, 6.07) is 6.21. The Bertz CT molecular complexity index is 911. The second kappa shape index (κ2) is 8.87. The Hall–Kier alpha value is -1.88. The van der Waals surface area contributed by atoms with Crippen LogP contribution in [0.1, 0.15) is 10.5 Å². The lowest BCUT2D eigenvalue weighted by Gasteiger charge is -2.24. The quantitative estimate of drug-likeness (QED) is 0.622. The van der Waals surface area contributed by atoms with Crippen molar-refractivity contribution in [1.29, 1.82) is 0 Å². The van der Waals surface area contributed by atoms with Crippen LogP contribution in [0.5, 0.6) is 5.75 Å². The van der Waals surface area contributed by atoms with E-state index in [0.29, 0.717) is 30.2 Å². The molecular weight excluding hydrogens is 412 g/mol. The average molecular weight is 433 g/mol. The molecule has 3 rings (SSSR count). The predicted octanol–water partition coefficient (Wildman–Crippen LogP) is 2.02. The molecule has 0 spiro atoms. The Labute approximate surface area is 168 Å². The minimum Gasteiger partial charge on any atom is -0.495 e. The summed E-state index contributed by atoms with van der Waals surface area (Å²) < 4.78 is 31.8. The summed E-state index contributed by atoms with van der Waals surface area (Å²) in [4.78, 5) is 15.2. The van der Waals surface area contributed by atoms with Crippen molar-refractivity contribution in [1.82, 2.24) is 9.29 Å². The molecule has 27 heavy (non-hydrogen) atoms. The third-order valence-electron chi connectivity index (χ3n) is 4.00. The lowest BCUT2D eigenvalue weighted by Crippen LogP contribution is -2.37. The first-order chi connectivity index (χ1) is 12.4. The summed E-state index contributed by atoms with van der Waals surface area (Å²) >= 11 is 1.73. The van der Waals surface area contributed by atoms with Gasteiger partial charge in [-0.05, 0) is 24.3 Å². The number of nitrogens with one attached hydrogen (secondary N) is 2. The summed E-state index contributed by atoms with van der Waals surface area (Å²) in [5.41, 5.74) is 6.85. The van der Waals surface area contributed by atoms with E-state index in [1.54, 1.807) is 30.0 Å². The second-order valence-electron chi connectivity index (χ2n) is 5.68. The highest BCUT2D eigenvalue weighted by Crippen LogP contribution is 2.25. The van der Waals surface area contributed by atoms with E-state index in [0.717, 1.165) is 11.5 Å². The molecule has 1 aromatic heterocycles. The first kappa shape index (κ1) is 21.4. The van der Waals surface area contributed by atoms with Gasteiger partial charge in [0.1, 0.15) is 16.3 Å². The van der Waals surface area contributed by atoms with Crippen LogP contribution in [0.15, 0.2) is 35.4 Å². The standard InChI is InChI=1S/C16H20N4O4S2.ClH/c1-24-15-3-2-11(8-13(15)17)19-16(21)14-9-12(10-18-14)26(22,23)20-4-6-25-7-5-20;/h2-3,8-10,18H,4-7,17H2,1H3,(H,19,21);1H. The van der Waals surface area contributed by atoms with Crippen LogP contribution in [0.2, 0.25) is 0 Å². The zero-order valence-electron chi connectivity index (χ0n) is 14.6. The minimum absolute atomic E-state index is 0. The number of thioether (sulfide) groups is 1. The summed E-state index contributed by atoms with van der Waals surface area (Å²) in [6.45, 7) is 0.954. The van der Waals surface area contributed by atoms with Gasteiger partial charge in [-0.2, -0.15) is 16.1 Å².